The summed E-state index contributed by atoms with van der Waals surface area (Å²) >= 11 is 4.12. The van der Waals surface area contributed by atoms with Crippen LogP contribution in [0.25, 0.3) is 0 Å². The SMILES string of the molecule is FC(F)(F)/C=C/C(F)(F)Cl. The van der Waals surface area contributed by atoms with Crippen molar-refractivity contribution in [2.75, 3.05) is 0 Å². The summed E-state index contributed by atoms with van der Waals surface area (Å²) in [6, 6.07) is 0. The number of alkyl halides is 6. The standard InChI is InChI=1S/C4H2ClF5/c5-3(6,7)1-2-4(8,9)10/h1-2H/b2-1+. The minimum absolute atomic E-state index is 0.422. The average molecular weight is 181 g/mol. The van der Waals surface area contributed by atoms with Crippen LogP contribution in [0.3, 0.4) is 0 Å². The Morgan fingerprint density at radius 3 is 1.40 bits per heavy atom. The molecule has 0 aromatic heterocycles. The van der Waals surface area contributed by atoms with Gasteiger partial charge in [0.1, 0.15) is 0 Å². The largest absolute Gasteiger partial charge is 0.409 e. The first-order valence-corrected chi connectivity index (χ1v) is 2.42. The van der Waals surface area contributed by atoms with Gasteiger partial charge in [-0.05, 0) is 11.6 Å². The molecule has 0 aromatic carbocycles. The zero-order valence-electron chi connectivity index (χ0n) is 4.42. The molecule has 0 nitrogen and oxygen atoms in total. The lowest BCUT2D eigenvalue weighted by Gasteiger charge is -2.01. The Hall–Kier alpha value is -0.320. The third-order valence-corrected chi connectivity index (χ3v) is 0.587. The van der Waals surface area contributed by atoms with Gasteiger partial charge in [0.15, 0.2) is 0 Å². The molecular formula is C4H2ClF5. The van der Waals surface area contributed by atoms with E-state index in [1.165, 1.54) is 0 Å². The van der Waals surface area contributed by atoms with Gasteiger partial charge in [-0.1, -0.05) is 0 Å². The van der Waals surface area contributed by atoms with E-state index in [9.17, 15) is 22.0 Å². The van der Waals surface area contributed by atoms with E-state index in [1.807, 2.05) is 0 Å². The lowest BCUT2D eigenvalue weighted by atomic mass is 10.5. The minimum Gasteiger partial charge on any atom is -0.184 e. The molecule has 0 heterocycles. The second-order valence-electron chi connectivity index (χ2n) is 1.42. The minimum atomic E-state index is -4.74. The van der Waals surface area contributed by atoms with Crippen LogP contribution >= 0.6 is 11.6 Å². The molecule has 0 saturated heterocycles. The van der Waals surface area contributed by atoms with Crippen molar-refractivity contribution in [3.8, 4) is 0 Å². The van der Waals surface area contributed by atoms with E-state index >= 15 is 0 Å². The van der Waals surface area contributed by atoms with Crippen LogP contribution in [-0.2, 0) is 0 Å². The summed E-state index contributed by atoms with van der Waals surface area (Å²) < 4.78 is 56.2. The van der Waals surface area contributed by atoms with Gasteiger partial charge in [0.2, 0.25) is 0 Å². The van der Waals surface area contributed by atoms with Crippen LogP contribution in [0.2, 0.25) is 0 Å². The Kier molecular flexibility index (Phi) is 2.65. The van der Waals surface area contributed by atoms with Gasteiger partial charge >= 0.3 is 11.6 Å². The molecule has 6 heteroatoms. The third kappa shape index (κ3) is 7.68. The molecule has 0 radical (unpaired) electrons. The van der Waals surface area contributed by atoms with E-state index in [2.05, 4.69) is 11.6 Å². The van der Waals surface area contributed by atoms with Gasteiger partial charge in [0, 0.05) is 12.2 Å². The summed E-state index contributed by atoms with van der Waals surface area (Å²) in [5.74, 6) is 0. The average Bonchev–Trinajstić information content (AvgIpc) is 1.57. The Morgan fingerprint density at radius 2 is 1.30 bits per heavy atom. The number of hydrogen-bond donors (Lipinski definition) is 0. The summed E-state index contributed by atoms with van der Waals surface area (Å²) in [5.41, 5.74) is 0. The molecule has 0 aromatic rings. The molecule has 0 bridgehead atoms. The molecule has 0 rings (SSSR count). The highest BCUT2D eigenvalue weighted by molar-refractivity contribution is 6.22. The Balaban J connectivity index is 4.01. The van der Waals surface area contributed by atoms with E-state index in [1.54, 1.807) is 0 Å². The Bertz CT molecular complexity index is 114. The fourth-order valence-electron chi connectivity index (χ4n) is 0.189. The molecular weight excluding hydrogens is 178 g/mol. The first-order valence-electron chi connectivity index (χ1n) is 2.04. The summed E-state index contributed by atoms with van der Waals surface area (Å²) in [5, 5.41) is -3.92. The van der Waals surface area contributed by atoms with E-state index < -0.39 is 23.7 Å². The molecule has 0 aliphatic heterocycles. The van der Waals surface area contributed by atoms with E-state index in [4.69, 9.17) is 0 Å². The van der Waals surface area contributed by atoms with Gasteiger partial charge in [0.05, 0.1) is 0 Å². The number of halogens is 6. The third-order valence-electron chi connectivity index (χ3n) is 0.461. The lowest BCUT2D eigenvalue weighted by molar-refractivity contribution is -0.0810. The van der Waals surface area contributed by atoms with E-state index in [0.29, 0.717) is 0 Å². The summed E-state index contributed by atoms with van der Waals surface area (Å²) in [6.07, 6.45) is -5.77. The van der Waals surface area contributed by atoms with Gasteiger partial charge in [-0.15, -0.1) is 0 Å². The normalized spacial score (nSPS) is 14.6. The highest BCUT2D eigenvalue weighted by Crippen LogP contribution is 2.24. The van der Waals surface area contributed by atoms with Crippen molar-refractivity contribution < 1.29 is 22.0 Å². The van der Waals surface area contributed by atoms with Crippen molar-refractivity contribution in [1.29, 1.82) is 0 Å². The monoisotopic (exact) mass is 180 g/mol. The molecule has 0 amide bonds. The predicted octanol–water partition coefficient (Wildman–Crippen LogP) is 2.94. The van der Waals surface area contributed by atoms with Gasteiger partial charge in [-0.3, -0.25) is 0 Å². The van der Waals surface area contributed by atoms with Gasteiger partial charge in [-0.2, -0.15) is 22.0 Å². The van der Waals surface area contributed by atoms with Crippen LogP contribution in [-0.4, -0.2) is 11.6 Å². The molecule has 0 saturated carbocycles. The fourth-order valence-corrected chi connectivity index (χ4v) is 0.252. The quantitative estimate of drug-likeness (QED) is 0.331. The van der Waals surface area contributed by atoms with Crippen molar-refractivity contribution in [2.45, 2.75) is 11.6 Å². The van der Waals surface area contributed by atoms with E-state index in [0.717, 1.165) is 0 Å². The van der Waals surface area contributed by atoms with Crippen LogP contribution in [0.4, 0.5) is 22.0 Å². The summed E-state index contributed by atoms with van der Waals surface area (Å²) in [7, 11) is 0. The predicted molar refractivity (Wildman–Crippen MR) is 26.0 cm³/mol. The van der Waals surface area contributed by atoms with Crippen LogP contribution in [0, 0.1) is 0 Å². The van der Waals surface area contributed by atoms with Crippen LogP contribution in [0.15, 0.2) is 12.2 Å². The smallest absolute Gasteiger partial charge is 0.184 e. The maximum absolute atomic E-state index is 11.4. The number of rotatable bonds is 1. The van der Waals surface area contributed by atoms with Gasteiger partial charge in [-0.25, -0.2) is 0 Å². The van der Waals surface area contributed by atoms with Crippen LogP contribution < -0.4 is 0 Å². The van der Waals surface area contributed by atoms with Crippen molar-refractivity contribution >= 4 is 11.6 Å². The highest BCUT2D eigenvalue weighted by Gasteiger charge is 2.27. The molecule has 0 aliphatic carbocycles. The zero-order valence-corrected chi connectivity index (χ0v) is 5.18. The fraction of sp³-hybridized carbons (Fsp3) is 0.500. The Morgan fingerprint density at radius 1 is 0.900 bits per heavy atom. The summed E-state index contributed by atoms with van der Waals surface area (Å²) in [4.78, 5) is 0. The van der Waals surface area contributed by atoms with Gasteiger partial charge in [0.25, 0.3) is 0 Å². The summed E-state index contributed by atoms with van der Waals surface area (Å²) in [6.45, 7) is 0. The second-order valence-corrected chi connectivity index (χ2v) is 1.92. The van der Waals surface area contributed by atoms with Crippen LogP contribution in [0.1, 0.15) is 0 Å². The highest BCUT2D eigenvalue weighted by atomic mass is 35.5. The van der Waals surface area contributed by atoms with Crippen molar-refractivity contribution in [1.82, 2.24) is 0 Å². The number of allylic oxidation sites excluding steroid dienone is 2. The molecule has 0 fully saturated rings. The molecule has 0 aliphatic rings. The second kappa shape index (κ2) is 2.74. The first kappa shape index (κ1) is 9.68. The maximum Gasteiger partial charge on any atom is 0.409 e. The van der Waals surface area contributed by atoms with Crippen molar-refractivity contribution in [2.24, 2.45) is 0 Å². The molecule has 10 heavy (non-hydrogen) atoms. The number of hydrogen-bond acceptors (Lipinski definition) is 0. The van der Waals surface area contributed by atoms with Crippen LogP contribution in [0.5, 0.6) is 0 Å². The topological polar surface area (TPSA) is 0 Å². The molecule has 60 valence electrons. The molecule has 0 N–H and O–H groups in total. The maximum atomic E-state index is 11.4. The Labute approximate surface area is 58.3 Å². The molecule has 0 atom stereocenters. The van der Waals surface area contributed by atoms with E-state index in [-0.39, 0.29) is 0 Å². The molecule has 0 unspecified atom stereocenters. The van der Waals surface area contributed by atoms with Gasteiger partial charge < -0.3 is 0 Å². The lowest BCUT2D eigenvalue weighted by Crippen LogP contribution is -2.06. The van der Waals surface area contributed by atoms with Crippen molar-refractivity contribution in [3.05, 3.63) is 12.2 Å². The first-order chi connectivity index (χ1) is 4.21. The zero-order chi connectivity index (χ0) is 8.41. The molecule has 0 spiro atoms. The van der Waals surface area contributed by atoms with Crippen molar-refractivity contribution in [3.63, 3.8) is 0 Å².